The number of carbonyl (C=O) groups excluding carboxylic acids is 8. The number of hydrogen-bond donors (Lipinski definition) is 0. The molecular weight excluding hydrogens is 1590 g/mol. The maximum atomic E-state index is 12.3. The number of carbonyl (C=O) groups is 8. The second kappa shape index (κ2) is 53.7. The minimum absolute atomic E-state index is 0.00116. The monoisotopic (exact) mass is 1800 g/mol. The van der Waals surface area contributed by atoms with E-state index < -0.39 is 0 Å². The third kappa shape index (κ3) is 38.6. The van der Waals surface area contributed by atoms with Gasteiger partial charge in [-0.25, -0.2) is 0 Å². The van der Waals surface area contributed by atoms with Crippen LogP contribution in [0.25, 0.3) is 0 Å². The first kappa shape index (κ1) is 121. The SMILES string of the molecule is CCC(C)(C)C(=O)OC(C)(C)C1CCCC1.CCC(C)(C)C(=O)OC1(C(C)(C)C)CCCC1.CCC(C)(C)C(=O)OC1(C(C)C)CCCC1.CCC(C)(C)C(=O)OC1(C)CCCC1.CCC(C)C(=O)OC1(CC)CCCCC1.CCC1(OC(=O)C(C)(C)CC)CCCC1.CCC1(OC(=O)C(C)(C)CC)CCCCC1.CCC1(OC(=O)C(C)(C)CC)CCCCCCC1. The van der Waals surface area contributed by atoms with Gasteiger partial charge in [0.2, 0.25) is 0 Å². The quantitative estimate of drug-likeness (QED) is 0.0483. The van der Waals surface area contributed by atoms with Crippen LogP contribution in [0.2, 0.25) is 0 Å². The van der Waals surface area contributed by atoms with Crippen LogP contribution in [-0.4, -0.2) is 92.6 Å². The molecule has 8 saturated carbocycles. The van der Waals surface area contributed by atoms with E-state index in [2.05, 4.69) is 90.0 Å². The molecular formula is C111H206O16. The van der Waals surface area contributed by atoms with E-state index in [-0.39, 0.29) is 142 Å². The van der Waals surface area contributed by atoms with Crippen LogP contribution >= 0.6 is 0 Å². The zero-order valence-electron chi connectivity index (χ0n) is 89.9. The van der Waals surface area contributed by atoms with Gasteiger partial charge in [-0.15, -0.1) is 0 Å². The Bertz CT molecular complexity index is 3170. The molecule has 8 rings (SSSR count). The summed E-state index contributed by atoms with van der Waals surface area (Å²) >= 11 is 0. The molecule has 8 fully saturated rings. The van der Waals surface area contributed by atoms with E-state index in [0.717, 1.165) is 167 Å². The van der Waals surface area contributed by atoms with Gasteiger partial charge in [0.05, 0.1) is 43.8 Å². The van der Waals surface area contributed by atoms with Crippen molar-refractivity contribution in [1.29, 1.82) is 0 Å². The van der Waals surface area contributed by atoms with Crippen LogP contribution in [0.1, 0.15) is 557 Å². The Kier molecular flexibility index (Phi) is 51.1. The fourth-order valence-electron chi connectivity index (χ4n) is 17.6. The lowest BCUT2D eigenvalue weighted by Gasteiger charge is -2.42. The summed E-state index contributed by atoms with van der Waals surface area (Å²) in [6, 6.07) is 0. The van der Waals surface area contributed by atoms with Crippen molar-refractivity contribution in [3.63, 3.8) is 0 Å². The van der Waals surface area contributed by atoms with E-state index in [1.807, 2.05) is 152 Å². The van der Waals surface area contributed by atoms with Gasteiger partial charge in [0.25, 0.3) is 0 Å². The average molecular weight is 1800 g/mol. The van der Waals surface area contributed by atoms with Crippen molar-refractivity contribution >= 4 is 47.8 Å². The summed E-state index contributed by atoms with van der Waals surface area (Å²) in [4.78, 5) is 96.5. The molecule has 1 unspecified atom stereocenters. The van der Waals surface area contributed by atoms with Crippen molar-refractivity contribution in [1.82, 2.24) is 0 Å². The van der Waals surface area contributed by atoms with Gasteiger partial charge in [-0.2, -0.15) is 0 Å². The smallest absolute Gasteiger partial charge is 0.312 e. The van der Waals surface area contributed by atoms with Crippen LogP contribution in [0, 0.1) is 61.1 Å². The molecule has 0 bridgehead atoms. The lowest BCUT2D eigenvalue weighted by atomic mass is 9.74. The second-order valence-electron chi connectivity index (χ2n) is 47.0. The number of rotatable bonds is 30. The highest BCUT2D eigenvalue weighted by molar-refractivity contribution is 5.79. The van der Waals surface area contributed by atoms with Crippen LogP contribution in [0.15, 0.2) is 0 Å². The predicted octanol–water partition coefficient (Wildman–Crippen LogP) is 31.8. The van der Waals surface area contributed by atoms with Crippen LogP contribution in [0.3, 0.4) is 0 Å². The molecule has 1 atom stereocenters. The summed E-state index contributed by atoms with van der Waals surface area (Å²) in [5, 5.41) is 0. The maximum absolute atomic E-state index is 12.3. The third-order valence-electron chi connectivity index (χ3n) is 32.8. The zero-order valence-corrected chi connectivity index (χ0v) is 89.9. The van der Waals surface area contributed by atoms with Crippen LogP contribution in [0.4, 0.5) is 0 Å². The van der Waals surface area contributed by atoms with Gasteiger partial charge in [0.15, 0.2) is 0 Å². The Hall–Kier alpha value is -4.24. The normalized spacial score (nSPS) is 20.5. The zero-order chi connectivity index (χ0) is 97.7. The maximum Gasteiger partial charge on any atom is 0.312 e. The van der Waals surface area contributed by atoms with Crippen molar-refractivity contribution in [2.24, 2.45) is 61.1 Å². The van der Waals surface area contributed by atoms with E-state index in [1.165, 1.54) is 148 Å². The molecule has 16 heteroatoms. The Morgan fingerprint density at radius 2 is 0.512 bits per heavy atom. The van der Waals surface area contributed by atoms with Gasteiger partial charge in [-0.05, 0) is 399 Å². The van der Waals surface area contributed by atoms with E-state index >= 15 is 0 Å². The second-order valence-corrected chi connectivity index (χ2v) is 47.0. The Morgan fingerprint density at radius 3 is 0.795 bits per heavy atom. The first-order valence-electron chi connectivity index (χ1n) is 52.5. The number of esters is 8. The van der Waals surface area contributed by atoms with Crippen molar-refractivity contribution in [3.05, 3.63) is 0 Å². The molecule has 0 aromatic heterocycles. The van der Waals surface area contributed by atoms with Crippen molar-refractivity contribution in [3.8, 4) is 0 Å². The van der Waals surface area contributed by atoms with Crippen LogP contribution in [-0.2, 0) is 76.3 Å². The third-order valence-corrected chi connectivity index (χ3v) is 32.8. The molecule has 8 aliphatic carbocycles. The fourth-order valence-corrected chi connectivity index (χ4v) is 17.6. The van der Waals surface area contributed by atoms with Crippen LogP contribution < -0.4 is 0 Å². The molecule has 0 amide bonds. The van der Waals surface area contributed by atoms with Gasteiger partial charge in [-0.1, -0.05) is 170 Å². The summed E-state index contributed by atoms with van der Waals surface area (Å²) in [6.45, 7) is 71.4. The number of ether oxygens (including phenoxy) is 8. The summed E-state index contributed by atoms with van der Waals surface area (Å²) < 4.78 is 46.5. The molecule has 0 N–H and O–H groups in total. The summed E-state index contributed by atoms with van der Waals surface area (Å²) in [5.74, 6) is 0.839. The highest BCUT2D eigenvalue weighted by Gasteiger charge is 2.51. The van der Waals surface area contributed by atoms with Gasteiger partial charge < -0.3 is 37.9 Å². The van der Waals surface area contributed by atoms with Crippen LogP contribution in [0.5, 0.6) is 0 Å². The molecule has 0 aromatic carbocycles. The summed E-state index contributed by atoms with van der Waals surface area (Å²) in [6.07, 6.45) is 53.4. The lowest BCUT2D eigenvalue weighted by Crippen LogP contribution is -2.47. The van der Waals surface area contributed by atoms with Gasteiger partial charge in [0.1, 0.15) is 44.8 Å². The molecule has 0 aliphatic heterocycles. The van der Waals surface area contributed by atoms with Gasteiger partial charge in [0, 0.05) is 5.41 Å². The standard InChI is InChI=1S/C16H30O2.C15H28O2.3C14H26O2.2C13H24O2.C12H22O2/c1-5-15(3,4)14(17)18-16(6-2)12-10-8-7-9-11-13-16;1-7-14(5,6)12(16)17-15(13(2,3)4)10-8-9-11-15;1-6-13(2,3)12(15)16-14(4,5)11-9-7-8-10-11;1-6-13(4,5)12(15)16-14(11(2)3)9-7-8-10-14;1-5-13(3,4)12(15)16-14(6-2)10-8-7-9-11-14;1-5-12(3,4)11(14)15-13(6-2)9-7-8-10-13;1-4-11(3)12(14)15-13(5-2)9-7-6-8-10-13;1-5-11(2,3)10(13)14-12(4)8-6-7-9-12/h5-13H2,1-4H3;7-11H2,1-6H3;2*11H,6-10H2,1-5H3;5-11H2,1-4H3;5-10H2,1-4H3;11H,4-10H2,1-3H3;5-9H2,1-4H3. The average Bonchev–Trinajstić information content (AvgIpc) is 1.68. The van der Waals surface area contributed by atoms with Gasteiger partial charge >= 0.3 is 47.8 Å². The van der Waals surface area contributed by atoms with E-state index in [0.29, 0.717) is 11.8 Å². The molecule has 0 heterocycles. The summed E-state index contributed by atoms with van der Waals surface area (Å²) in [7, 11) is 0. The topological polar surface area (TPSA) is 210 Å². The summed E-state index contributed by atoms with van der Waals surface area (Å²) in [5.41, 5.74) is -3.83. The fraction of sp³-hybridized carbons (Fsp3) is 0.928. The Labute approximate surface area is 782 Å². The predicted molar refractivity (Wildman–Crippen MR) is 525 cm³/mol. The first-order valence-corrected chi connectivity index (χ1v) is 52.5. The molecule has 16 nitrogen and oxygen atoms in total. The first-order chi connectivity index (χ1) is 58.7. The van der Waals surface area contributed by atoms with E-state index in [1.54, 1.807) is 0 Å². The lowest BCUT2D eigenvalue weighted by molar-refractivity contribution is -0.183. The molecule has 0 aromatic rings. The van der Waals surface area contributed by atoms with Crippen molar-refractivity contribution in [2.45, 2.75) is 602 Å². The molecule has 746 valence electrons. The minimum atomic E-state index is -0.360. The molecule has 8 aliphatic rings. The minimum Gasteiger partial charge on any atom is -0.459 e. The van der Waals surface area contributed by atoms with Gasteiger partial charge in [-0.3, -0.25) is 38.4 Å². The van der Waals surface area contributed by atoms with Crippen molar-refractivity contribution < 1.29 is 76.3 Å². The number of hydrogen-bond acceptors (Lipinski definition) is 16. The Morgan fingerprint density at radius 1 is 0.276 bits per heavy atom. The largest absolute Gasteiger partial charge is 0.459 e. The highest BCUT2D eigenvalue weighted by atomic mass is 16.6. The van der Waals surface area contributed by atoms with Crippen molar-refractivity contribution in [2.75, 3.05) is 0 Å². The molecule has 0 radical (unpaired) electrons. The molecule has 0 saturated heterocycles. The van der Waals surface area contributed by atoms with E-state index in [4.69, 9.17) is 37.9 Å². The van der Waals surface area contributed by atoms with E-state index in [9.17, 15) is 38.4 Å². The highest BCUT2D eigenvalue weighted by Crippen LogP contribution is 2.49. The molecule has 0 spiro atoms. The molecule has 127 heavy (non-hydrogen) atoms. The Balaban J connectivity index is 0.000000726.